The molecule has 0 aromatic carbocycles. The Morgan fingerprint density at radius 1 is 1.46 bits per heavy atom. The topological polar surface area (TPSA) is 52.3 Å². The predicted molar refractivity (Wildman–Crippen MR) is 53.9 cm³/mol. The summed E-state index contributed by atoms with van der Waals surface area (Å²) < 4.78 is 5.15. The number of carbonyl (C=O) groups excluding carboxylic acids is 1. The fraction of sp³-hybridized carbons (Fsp3) is 0.444. The van der Waals surface area contributed by atoms with Crippen LogP contribution in [0, 0.1) is 0 Å². The summed E-state index contributed by atoms with van der Waals surface area (Å²) in [4.78, 5) is 11.4. The third-order valence-corrected chi connectivity index (χ3v) is 2.07. The van der Waals surface area contributed by atoms with E-state index in [0.717, 1.165) is 0 Å². The molecule has 0 aliphatic heterocycles. The molecular weight excluding hydrogens is 186 g/mol. The lowest BCUT2D eigenvalue weighted by atomic mass is 10.2. The lowest BCUT2D eigenvalue weighted by Crippen LogP contribution is -2.24. The van der Waals surface area contributed by atoms with Crippen LogP contribution >= 0.6 is 11.3 Å². The van der Waals surface area contributed by atoms with Crippen molar-refractivity contribution in [2.75, 3.05) is 5.73 Å². The van der Waals surface area contributed by atoms with Crippen molar-refractivity contribution in [1.29, 1.82) is 0 Å². The highest BCUT2D eigenvalue weighted by Crippen LogP contribution is 2.20. The van der Waals surface area contributed by atoms with Crippen LogP contribution in [0.1, 0.15) is 31.1 Å². The molecule has 0 atom stereocenters. The number of ether oxygens (including phenoxy) is 1. The Labute approximate surface area is 81.5 Å². The molecule has 1 heterocycles. The van der Waals surface area contributed by atoms with Crippen LogP contribution in [0.4, 0.5) is 5.69 Å². The maximum atomic E-state index is 11.4. The molecule has 0 amide bonds. The van der Waals surface area contributed by atoms with Gasteiger partial charge in [0.1, 0.15) is 5.60 Å². The van der Waals surface area contributed by atoms with Gasteiger partial charge >= 0.3 is 5.97 Å². The van der Waals surface area contributed by atoms with E-state index < -0.39 is 5.60 Å². The van der Waals surface area contributed by atoms with Crippen molar-refractivity contribution in [2.24, 2.45) is 0 Å². The lowest BCUT2D eigenvalue weighted by molar-refractivity contribution is 0.00714. The number of thiophene rings is 1. The summed E-state index contributed by atoms with van der Waals surface area (Å²) in [6.45, 7) is 5.48. The van der Waals surface area contributed by atoms with Crippen LogP contribution < -0.4 is 5.73 Å². The number of hydrogen-bond acceptors (Lipinski definition) is 4. The van der Waals surface area contributed by atoms with Gasteiger partial charge in [0.2, 0.25) is 0 Å². The van der Waals surface area contributed by atoms with Crippen molar-refractivity contribution in [1.82, 2.24) is 0 Å². The van der Waals surface area contributed by atoms with E-state index in [9.17, 15) is 4.79 Å². The molecule has 1 rings (SSSR count). The molecular formula is C9H13NO2S. The Hall–Kier alpha value is -1.03. The summed E-state index contributed by atoms with van der Waals surface area (Å²) in [5, 5.41) is 3.42. The van der Waals surface area contributed by atoms with Gasteiger partial charge in [-0.3, -0.25) is 0 Å². The van der Waals surface area contributed by atoms with Crippen LogP contribution in [-0.4, -0.2) is 11.6 Å². The monoisotopic (exact) mass is 199 g/mol. The smallest absolute Gasteiger partial charge is 0.341 e. The summed E-state index contributed by atoms with van der Waals surface area (Å²) in [6.07, 6.45) is 0. The van der Waals surface area contributed by atoms with E-state index in [1.54, 1.807) is 10.8 Å². The van der Waals surface area contributed by atoms with Crippen LogP contribution in [0.25, 0.3) is 0 Å². The zero-order valence-corrected chi connectivity index (χ0v) is 8.77. The highest BCUT2D eigenvalue weighted by atomic mass is 32.1. The molecule has 0 fully saturated rings. The van der Waals surface area contributed by atoms with Gasteiger partial charge in [0.15, 0.2) is 0 Å². The molecule has 0 radical (unpaired) electrons. The summed E-state index contributed by atoms with van der Waals surface area (Å²) in [5.41, 5.74) is 6.05. The number of hydrogen-bond donors (Lipinski definition) is 1. The maximum absolute atomic E-state index is 11.4. The maximum Gasteiger partial charge on any atom is 0.341 e. The highest BCUT2D eigenvalue weighted by molar-refractivity contribution is 7.08. The van der Waals surface area contributed by atoms with E-state index in [2.05, 4.69) is 0 Å². The van der Waals surface area contributed by atoms with Gasteiger partial charge in [0, 0.05) is 10.8 Å². The molecule has 0 aliphatic rings. The van der Waals surface area contributed by atoms with Gasteiger partial charge in [-0.05, 0) is 20.8 Å². The minimum absolute atomic E-state index is 0.355. The SMILES string of the molecule is CC(C)(C)OC(=O)c1cscc1N. The van der Waals surface area contributed by atoms with Gasteiger partial charge in [-0.25, -0.2) is 4.79 Å². The van der Waals surface area contributed by atoms with E-state index >= 15 is 0 Å². The molecule has 2 N–H and O–H groups in total. The van der Waals surface area contributed by atoms with Crippen LogP contribution in [0.15, 0.2) is 10.8 Å². The number of nitrogens with two attached hydrogens (primary N) is 1. The number of rotatable bonds is 1. The minimum Gasteiger partial charge on any atom is -0.456 e. The molecule has 0 saturated carbocycles. The van der Waals surface area contributed by atoms with Gasteiger partial charge in [0.05, 0.1) is 11.3 Å². The molecule has 0 spiro atoms. The second-order valence-electron chi connectivity index (χ2n) is 3.74. The molecule has 0 bridgehead atoms. The van der Waals surface area contributed by atoms with E-state index in [4.69, 9.17) is 10.5 Å². The predicted octanol–water partition coefficient (Wildman–Crippen LogP) is 2.29. The standard InChI is InChI=1S/C9H13NO2S/c1-9(2,3)12-8(11)6-4-13-5-7(6)10/h4-5H,10H2,1-3H3. The molecule has 1 aromatic heterocycles. The normalized spacial score (nSPS) is 11.3. The van der Waals surface area contributed by atoms with Crippen molar-refractivity contribution in [3.63, 3.8) is 0 Å². The van der Waals surface area contributed by atoms with Gasteiger partial charge < -0.3 is 10.5 Å². The van der Waals surface area contributed by atoms with Gasteiger partial charge in [-0.1, -0.05) is 0 Å². The average Bonchev–Trinajstić information content (AvgIpc) is 2.30. The van der Waals surface area contributed by atoms with Crippen molar-refractivity contribution in [3.8, 4) is 0 Å². The summed E-state index contributed by atoms with van der Waals surface area (Å²) in [6, 6.07) is 0. The molecule has 72 valence electrons. The first-order chi connectivity index (χ1) is 5.90. The highest BCUT2D eigenvalue weighted by Gasteiger charge is 2.19. The Kier molecular flexibility index (Phi) is 2.61. The van der Waals surface area contributed by atoms with Crippen LogP contribution in [-0.2, 0) is 4.74 Å². The van der Waals surface area contributed by atoms with E-state index in [-0.39, 0.29) is 5.97 Å². The molecule has 0 aliphatic carbocycles. The quantitative estimate of drug-likeness (QED) is 0.706. The number of nitrogen functional groups attached to an aromatic ring is 1. The Morgan fingerprint density at radius 3 is 2.46 bits per heavy atom. The Morgan fingerprint density at radius 2 is 2.08 bits per heavy atom. The Balaban J connectivity index is 2.76. The second kappa shape index (κ2) is 3.38. The fourth-order valence-corrected chi connectivity index (χ4v) is 1.52. The molecule has 1 aromatic rings. The first kappa shape index (κ1) is 10.1. The number of carbonyl (C=O) groups is 1. The summed E-state index contributed by atoms with van der Waals surface area (Å²) >= 11 is 1.39. The van der Waals surface area contributed by atoms with E-state index in [1.165, 1.54) is 11.3 Å². The van der Waals surface area contributed by atoms with Crippen molar-refractivity contribution in [2.45, 2.75) is 26.4 Å². The summed E-state index contributed by atoms with van der Waals surface area (Å²) in [7, 11) is 0. The largest absolute Gasteiger partial charge is 0.456 e. The Bertz CT molecular complexity index is 312. The number of esters is 1. The zero-order valence-electron chi connectivity index (χ0n) is 7.96. The molecule has 3 nitrogen and oxygen atoms in total. The van der Waals surface area contributed by atoms with Crippen LogP contribution in [0.2, 0.25) is 0 Å². The zero-order chi connectivity index (χ0) is 10.1. The molecule has 0 saturated heterocycles. The molecule has 4 heteroatoms. The van der Waals surface area contributed by atoms with Crippen molar-refractivity contribution in [3.05, 3.63) is 16.3 Å². The fourth-order valence-electron chi connectivity index (χ4n) is 0.806. The third kappa shape index (κ3) is 2.73. The van der Waals surface area contributed by atoms with Gasteiger partial charge in [0.25, 0.3) is 0 Å². The average molecular weight is 199 g/mol. The van der Waals surface area contributed by atoms with E-state index in [0.29, 0.717) is 11.3 Å². The van der Waals surface area contributed by atoms with E-state index in [1.807, 2.05) is 20.8 Å². The lowest BCUT2D eigenvalue weighted by Gasteiger charge is -2.19. The minimum atomic E-state index is -0.467. The van der Waals surface area contributed by atoms with Crippen LogP contribution in [0.5, 0.6) is 0 Å². The first-order valence-corrected chi connectivity index (χ1v) is 4.89. The molecule has 13 heavy (non-hydrogen) atoms. The van der Waals surface area contributed by atoms with Crippen molar-refractivity contribution >= 4 is 23.0 Å². The second-order valence-corrected chi connectivity index (χ2v) is 4.49. The van der Waals surface area contributed by atoms with Crippen molar-refractivity contribution < 1.29 is 9.53 Å². The first-order valence-electron chi connectivity index (χ1n) is 3.95. The van der Waals surface area contributed by atoms with Gasteiger partial charge in [-0.2, -0.15) is 0 Å². The third-order valence-electron chi connectivity index (χ3n) is 1.31. The van der Waals surface area contributed by atoms with Crippen LogP contribution in [0.3, 0.4) is 0 Å². The summed E-state index contributed by atoms with van der Waals surface area (Å²) in [5.74, 6) is -0.355. The number of anilines is 1. The molecule has 0 unspecified atom stereocenters. The van der Waals surface area contributed by atoms with Gasteiger partial charge in [-0.15, -0.1) is 11.3 Å².